The second-order valence-corrected chi connectivity index (χ2v) is 6.64. The minimum Gasteiger partial charge on any atom is -0.391 e. The van der Waals surface area contributed by atoms with Gasteiger partial charge >= 0.3 is 0 Å². The number of alkyl halides is 1. The van der Waals surface area contributed by atoms with E-state index in [1.165, 1.54) is 6.92 Å². The van der Waals surface area contributed by atoms with Gasteiger partial charge in [-0.15, -0.1) is 0 Å². The third-order valence-corrected chi connectivity index (χ3v) is 6.37. The summed E-state index contributed by atoms with van der Waals surface area (Å²) in [7, 11) is -3.06. The van der Waals surface area contributed by atoms with Crippen molar-refractivity contribution in [3.05, 3.63) is 0 Å². The van der Waals surface area contributed by atoms with Gasteiger partial charge in [-0.25, -0.2) is 8.42 Å². The highest BCUT2D eigenvalue weighted by Gasteiger charge is 2.24. The molecule has 10 heavy (non-hydrogen) atoms. The Kier molecular flexibility index (Phi) is 4.12. The molecule has 62 valence electrons. The number of hydrogen-bond acceptors (Lipinski definition) is 3. The van der Waals surface area contributed by atoms with E-state index < -0.39 is 19.2 Å². The normalized spacial score (nSPS) is 18.4. The van der Waals surface area contributed by atoms with Crippen LogP contribution in [0.2, 0.25) is 0 Å². The molecule has 0 aliphatic rings. The average Bonchev–Trinajstić information content (AvgIpc) is 1.86. The molecule has 0 aliphatic carbocycles. The van der Waals surface area contributed by atoms with Crippen LogP contribution in [0.5, 0.6) is 0 Å². The van der Waals surface area contributed by atoms with Crippen LogP contribution in [0.1, 0.15) is 13.8 Å². The van der Waals surface area contributed by atoms with E-state index in [9.17, 15) is 8.42 Å². The van der Waals surface area contributed by atoms with E-state index in [1.54, 1.807) is 29.5 Å². The van der Waals surface area contributed by atoms with Crippen LogP contribution in [0.15, 0.2) is 0 Å². The maximum absolute atomic E-state index is 11.0. The predicted molar refractivity (Wildman–Crippen MR) is 48.9 cm³/mol. The molecule has 3 nitrogen and oxygen atoms in total. The number of halogens is 1. The summed E-state index contributed by atoms with van der Waals surface area (Å²) in [6.07, 6.45) is -0.787. The average molecular weight is 278 g/mol. The summed E-state index contributed by atoms with van der Waals surface area (Å²) in [5.41, 5.74) is 0. The Morgan fingerprint density at radius 1 is 1.60 bits per heavy atom. The molecule has 0 spiro atoms. The lowest BCUT2D eigenvalue weighted by Gasteiger charge is -2.11. The Bertz CT molecular complexity index is 185. The van der Waals surface area contributed by atoms with Gasteiger partial charge in [0, 0.05) is 5.75 Å². The van der Waals surface area contributed by atoms with E-state index in [0.717, 1.165) is 0 Å². The first-order chi connectivity index (χ1) is 4.41. The van der Waals surface area contributed by atoms with E-state index in [0.29, 0.717) is 0 Å². The first-order valence-electron chi connectivity index (χ1n) is 2.95. The second-order valence-electron chi connectivity index (χ2n) is 2.04. The van der Waals surface area contributed by atoms with Gasteiger partial charge in [0.05, 0.1) is 6.10 Å². The molecule has 0 saturated carbocycles. The van der Waals surface area contributed by atoms with Crippen molar-refractivity contribution in [3.8, 4) is 0 Å². The highest BCUT2D eigenvalue weighted by Crippen LogP contribution is 2.14. The maximum atomic E-state index is 11.0. The lowest BCUT2D eigenvalue weighted by molar-refractivity contribution is 0.213. The van der Waals surface area contributed by atoms with E-state index in [-0.39, 0.29) is 5.75 Å². The molecule has 0 unspecified atom stereocenters. The Balaban J connectivity index is 4.35. The van der Waals surface area contributed by atoms with Crippen LogP contribution < -0.4 is 0 Å². The molecule has 0 fully saturated rings. The number of hydrogen-bond donors (Lipinski definition) is 1. The standard InChI is InChI=1S/C5H11IO3S/c1-3-10(8,9)5(6)4(2)7/h4-5,7H,3H2,1-2H3/t4-,5+/m1/s1. The maximum Gasteiger partial charge on any atom is 0.164 e. The van der Waals surface area contributed by atoms with Crippen molar-refractivity contribution in [2.75, 3.05) is 5.75 Å². The van der Waals surface area contributed by atoms with Crippen LogP contribution in [0, 0.1) is 0 Å². The van der Waals surface area contributed by atoms with Crippen molar-refractivity contribution in [2.24, 2.45) is 0 Å². The molecule has 0 saturated heterocycles. The highest BCUT2D eigenvalue weighted by molar-refractivity contribution is 14.1. The quantitative estimate of drug-likeness (QED) is 0.606. The monoisotopic (exact) mass is 278 g/mol. The van der Waals surface area contributed by atoms with E-state index in [1.807, 2.05) is 0 Å². The van der Waals surface area contributed by atoms with E-state index in [2.05, 4.69) is 0 Å². The van der Waals surface area contributed by atoms with Gasteiger partial charge in [-0.05, 0) is 6.92 Å². The Hall–Kier alpha value is 0.640. The molecule has 0 bridgehead atoms. The Morgan fingerprint density at radius 2 is 2.00 bits per heavy atom. The van der Waals surface area contributed by atoms with Crippen molar-refractivity contribution in [1.82, 2.24) is 0 Å². The van der Waals surface area contributed by atoms with Crippen LogP contribution in [-0.4, -0.2) is 28.6 Å². The number of rotatable bonds is 3. The van der Waals surface area contributed by atoms with Crippen LogP contribution in [0.3, 0.4) is 0 Å². The highest BCUT2D eigenvalue weighted by atomic mass is 127. The molecule has 0 aromatic carbocycles. The summed E-state index contributed by atoms with van der Waals surface area (Å²) in [6.45, 7) is 3.05. The number of sulfone groups is 1. The zero-order valence-corrected chi connectivity index (χ0v) is 8.89. The minimum atomic E-state index is -3.06. The van der Waals surface area contributed by atoms with Crippen LogP contribution in [0.25, 0.3) is 0 Å². The van der Waals surface area contributed by atoms with Crippen molar-refractivity contribution in [2.45, 2.75) is 23.2 Å². The zero-order valence-electron chi connectivity index (χ0n) is 5.91. The summed E-state index contributed by atoms with van der Waals surface area (Å²) >= 11 is 1.74. The molecule has 0 amide bonds. The fraction of sp³-hybridized carbons (Fsp3) is 1.00. The molecule has 2 atom stereocenters. The number of aliphatic hydroxyl groups excluding tert-OH is 1. The smallest absolute Gasteiger partial charge is 0.164 e. The molecular weight excluding hydrogens is 267 g/mol. The summed E-state index contributed by atoms with van der Waals surface area (Å²) in [5, 5.41) is 8.90. The predicted octanol–water partition coefficient (Wildman–Crippen LogP) is 0.563. The Morgan fingerprint density at radius 3 is 2.10 bits per heavy atom. The van der Waals surface area contributed by atoms with Crippen LogP contribution in [-0.2, 0) is 9.84 Å². The Labute approximate surface area is 74.9 Å². The summed E-state index contributed by atoms with van der Waals surface area (Å²) in [4.78, 5) is 0. The fourth-order valence-electron chi connectivity index (χ4n) is 0.459. The third kappa shape index (κ3) is 2.71. The molecular formula is C5H11IO3S. The topological polar surface area (TPSA) is 54.4 Å². The number of aliphatic hydroxyl groups is 1. The van der Waals surface area contributed by atoms with E-state index >= 15 is 0 Å². The van der Waals surface area contributed by atoms with Gasteiger partial charge in [0.25, 0.3) is 0 Å². The van der Waals surface area contributed by atoms with E-state index in [4.69, 9.17) is 5.11 Å². The largest absolute Gasteiger partial charge is 0.391 e. The molecule has 0 radical (unpaired) electrons. The molecule has 1 N–H and O–H groups in total. The molecule has 0 rings (SSSR count). The van der Waals surface area contributed by atoms with Crippen LogP contribution in [0.4, 0.5) is 0 Å². The van der Waals surface area contributed by atoms with Gasteiger partial charge in [0.15, 0.2) is 9.84 Å². The molecule has 0 aromatic rings. The van der Waals surface area contributed by atoms with Crippen molar-refractivity contribution < 1.29 is 13.5 Å². The second kappa shape index (κ2) is 3.87. The molecule has 0 aromatic heterocycles. The molecule has 0 heterocycles. The van der Waals surface area contributed by atoms with Crippen molar-refractivity contribution in [1.29, 1.82) is 0 Å². The van der Waals surface area contributed by atoms with Gasteiger partial charge < -0.3 is 5.11 Å². The zero-order chi connectivity index (χ0) is 8.36. The lowest BCUT2D eigenvalue weighted by Crippen LogP contribution is -2.27. The van der Waals surface area contributed by atoms with Gasteiger partial charge in [-0.2, -0.15) is 0 Å². The van der Waals surface area contributed by atoms with Crippen LogP contribution >= 0.6 is 22.6 Å². The lowest BCUT2D eigenvalue weighted by atomic mass is 10.5. The van der Waals surface area contributed by atoms with Crippen molar-refractivity contribution >= 4 is 32.4 Å². The SMILES string of the molecule is CCS(=O)(=O)[C@H](I)[C@@H](C)O. The van der Waals surface area contributed by atoms with Gasteiger partial charge in [0.2, 0.25) is 0 Å². The fourth-order valence-corrected chi connectivity index (χ4v) is 2.46. The van der Waals surface area contributed by atoms with Gasteiger partial charge in [-0.3, -0.25) is 0 Å². The summed E-state index contributed by atoms with van der Waals surface area (Å²) < 4.78 is 21.3. The molecule has 0 aliphatic heterocycles. The molecule has 5 heteroatoms. The van der Waals surface area contributed by atoms with Crippen molar-refractivity contribution in [3.63, 3.8) is 0 Å². The third-order valence-electron chi connectivity index (χ3n) is 1.12. The summed E-state index contributed by atoms with van der Waals surface area (Å²) in [5.74, 6) is 0.0888. The minimum absolute atomic E-state index is 0.0888. The summed E-state index contributed by atoms with van der Waals surface area (Å²) in [6, 6.07) is 0. The van der Waals surface area contributed by atoms with Gasteiger partial charge in [0.1, 0.15) is 3.26 Å². The first kappa shape index (κ1) is 10.6. The first-order valence-corrected chi connectivity index (χ1v) is 5.91. The van der Waals surface area contributed by atoms with Gasteiger partial charge in [-0.1, -0.05) is 29.5 Å².